The Balaban J connectivity index is 2.36. The second kappa shape index (κ2) is 5.53. The van der Waals surface area contributed by atoms with Gasteiger partial charge >= 0.3 is 0 Å². The van der Waals surface area contributed by atoms with Crippen molar-refractivity contribution in [1.82, 2.24) is 0 Å². The van der Waals surface area contributed by atoms with Crippen LogP contribution in [0.25, 0.3) is 0 Å². The lowest BCUT2D eigenvalue weighted by molar-refractivity contribution is 0.415. The number of nitrogens with two attached hydrogens (primary N) is 1. The first kappa shape index (κ1) is 13.7. The van der Waals surface area contributed by atoms with Crippen molar-refractivity contribution in [2.45, 2.75) is 13.8 Å². The van der Waals surface area contributed by atoms with Crippen molar-refractivity contribution >= 4 is 33.0 Å². The van der Waals surface area contributed by atoms with E-state index in [9.17, 15) is 0 Å². The van der Waals surface area contributed by atoms with E-state index in [4.69, 9.17) is 10.5 Å². The Kier molecular flexibility index (Phi) is 4.00. The van der Waals surface area contributed by atoms with E-state index in [0.717, 1.165) is 21.6 Å². The molecule has 2 aromatic carbocycles. The molecule has 0 fully saturated rings. The summed E-state index contributed by atoms with van der Waals surface area (Å²) in [7, 11) is 1.64. The van der Waals surface area contributed by atoms with Crippen LogP contribution in [0.5, 0.6) is 5.75 Å². The fourth-order valence-corrected chi connectivity index (χ4v) is 2.17. The summed E-state index contributed by atoms with van der Waals surface area (Å²) in [6.45, 7) is 4.13. The standard InChI is InChI=1S/C15H17BrN2O/c1-9-6-11(7-10(2)15(9)16)18-14-8-12(19-3)4-5-13(14)17/h4-8,18H,17H2,1-3H3. The highest BCUT2D eigenvalue weighted by Gasteiger charge is 2.05. The minimum absolute atomic E-state index is 0.694. The number of rotatable bonds is 3. The first-order chi connectivity index (χ1) is 9.01. The van der Waals surface area contributed by atoms with Crippen molar-refractivity contribution in [2.75, 3.05) is 18.2 Å². The number of nitrogen functional groups attached to an aromatic ring is 1. The Hall–Kier alpha value is -1.68. The van der Waals surface area contributed by atoms with Crippen LogP contribution >= 0.6 is 15.9 Å². The third kappa shape index (κ3) is 3.01. The average Bonchev–Trinajstić information content (AvgIpc) is 2.38. The highest BCUT2D eigenvalue weighted by atomic mass is 79.9. The SMILES string of the molecule is COc1ccc(N)c(Nc2cc(C)c(Br)c(C)c2)c1. The number of ether oxygens (including phenoxy) is 1. The molecule has 0 heterocycles. The minimum Gasteiger partial charge on any atom is -0.497 e. The van der Waals surface area contributed by atoms with Crippen LogP contribution in [0.3, 0.4) is 0 Å². The normalized spacial score (nSPS) is 10.3. The van der Waals surface area contributed by atoms with Gasteiger partial charge in [-0.05, 0) is 49.2 Å². The van der Waals surface area contributed by atoms with Gasteiger partial charge in [0.2, 0.25) is 0 Å². The van der Waals surface area contributed by atoms with Gasteiger partial charge in [0.25, 0.3) is 0 Å². The van der Waals surface area contributed by atoms with Crippen LogP contribution in [0.1, 0.15) is 11.1 Å². The summed E-state index contributed by atoms with van der Waals surface area (Å²) in [5, 5.41) is 3.33. The number of hydrogen-bond acceptors (Lipinski definition) is 3. The molecule has 4 heteroatoms. The highest BCUT2D eigenvalue weighted by Crippen LogP contribution is 2.30. The van der Waals surface area contributed by atoms with E-state index in [1.807, 2.05) is 18.2 Å². The largest absolute Gasteiger partial charge is 0.497 e. The van der Waals surface area contributed by atoms with Crippen LogP contribution < -0.4 is 15.8 Å². The number of methoxy groups -OCH3 is 1. The molecule has 2 aromatic rings. The predicted octanol–water partition coefficient (Wildman–Crippen LogP) is 4.40. The molecule has 0 aromatic heterocycles. The molecule has 0 bridgehead atoms. The summed E-state index contributed by atoms with van der Waals surface area (Å²) >= 11 is 3.56. The van der Waals surface area contributed by atoms with Gasteiger partial charge in [0.15, 0.2) is 0 Å². The van der Waals surface area contributed by atoms with Crippen LogP contribution in [0.4, 0.5) is 17.1 Å². The Bertz CT molecular complexity index is 588. The van der Waals surface area contributed by atoms with Crippen molar-refractivity contribution in [3.8, 4) is 5.75 Å². The van der Waals surface area contributed by atoms with Gasteiger partial charge in [-0.2, -0.15) is 0 Å². The van der Waals surface area contributed by atoms with Gasteiger partial charge in [0, 0.05) is 16.2 Å². The van der Waals surface area contributed by atoms with Crippen LogP contribution in [0.15, 0.2) is 34.8 Å². The summed E-state index contributed by atoms with van der Waals surface area (Å²) in [4.78, 5) is 0. The molecular weight excluding hydrogens is 304 g/mol. The van der Waals surface area contributed by atoms with E-state index in [2.05, 4.69) is 47.2 Å². The fraction of sp³-hybridized carbons (Fsp3) is 0.200. The molecule has 100 valence electrons. The van der Waals surface area contributed by atoms with E-state index >= 15 is 0 Å². The van der Waals surface area contributed by atoms with Crippen molar-refractivity contribution in [3.05, 3.63) is 45.9 Å². The zero-order valence-corrected chi connectivity index (χ0v) is 12.8. The van der Waals surface area contributed by atoms with E-state index in [-0.39, 0.29) is 0 Å². The molecule has 0 amide bonds. The number of halogens is 1. The highest BCUT2D eigenvalue weighted by molar-refractivity contribution is 9.10. The Morgan fingerprint density at radius 3 is 2.32 bits per heavy atom. The monoisotopic (exact) mass is 320 g/mol. The molecule has 0 saturated carbocycles. The van der Waals surface area contributed by atoms with Crippen LogP contribution in [0, 0.1) is 13.8 Å². The molecule has 0 radical (unpaired) electrons. The molecule has 3 nitrogen and oxygen atoms in total. The van der Waals surface area contributed by atoms with E-state index in [0.29, 0.717) is 5.69 Å². The molecule has 2 rings (SSSR count). The third-order valence-corrected chi connectivity index (χ3v) is 4.23. The Morgan fingerprint density at radius 2 is 1.74 bits per heavy atom. The molecule has 0 unspecified atom stereocenters. The molecule has 0 aliphatic rings. The lowest BCUT2D eigenvalue weighted by atomic mass is 10.1. The Morgan fingerprint density at radius 1 is 1.11 bits per heavy atom. The number of nitrogens with one attached hydrogen (secondary N) is 1. The first-order valence-corrected chi connectivity index (χ1v) is 6.78. The zero-order chi connectivity index (χ0) is 14.0. The molecule has 0 atom stereocenters. The molecule has 0 saturated heterocycles. The molecule has 0 aliphatic heterocycles. The smallest absolute Gasteiger partial charge is 0.121 e. The van der Waals surface area contributed by atoms with Crippen LogP contribution in [0.2, 0.25) is 0 Å². The quantitative estimate of drug-likeness (QED) is 0.824. The first-order valence-electron chi connectivity index (χ1n) is 5.98. The zero-order valence-electron chi connectivity index (χ0n) is 11.3. The summed E-state index contributed by atoms with van der Waals surface area (Å²) in [6, 6.07) is 9.73. The number of benzene rings is 2. The third-order valence-electron chi connectivity index (χ3n) is 2.98. The van der Waals surface area contributed by atoms with Gasteiger partial charge in [-0.15, -0.1) is 0 Å². The summed E-state index contributed by atoms with van der Waals surface area (Å²) in [5.74, 6) is 0.780. The predicted molar refractivity (Wildman–Crippen MR) is 84.3 cm³/mol. The van der Waals surface area contributed by atoms with Gasteiger partial charge in [-0.1, -0.05) is 15.9 Å². The molecular formula is C15H17BrN2O. The summed E-state index contributed by atoms with van der Waals surface area (Å²) in [5.41, 5.74) is 10.9. The second-order valence-corrected chi connectivity index (χ2v) is 5.30. The maximum Gasteiger partial charge on any atom is 0.121 e. The van der Waals surface area contributed by atoms with Crippen LogP contribution in [-0.4, -0.2) is 7.11 Å². The maximum atomic E-state index is 5.97. The van der Waals surface area contributed by atoms with Crippen molar-refractivity contribution in [3.63, 3.8) is 0 Å². The topological polar surface area (TPSA) is 47.3 Å². The minimum atomic E-state index is 0.694. The number of anilines is 3. The van der Waals surface area contributed by atoms with Gasteiger partial charge < -0.3 is 15.8 Å². The van der Waals surface area contributed by atoms with Gasteiger partial charge in [-0.25, -0.2) is 0 Å². The average molecular weight is 321 g/mol. The van der Waals surface area contributed by atoms with Gasteiger partial charge in [0.05, 0.1) is 18.5 Å². The summed E-state index contributed by atoms with van der Waals surface area (Å²) < 4.78 is 6.35. The van der Waals surface area contributed by atoms with Gasteiger partial charge in [-0.3, -0.25) is 0 Å². The molecule has 3 N–H and O–H groups in total. The van der Waals surface area contributed by atoms with Crippen molar-refractivity contribution in [1.29, 1.82) is 0 Å². The number of hydrogen-bond donors (Lipinski definition) is 2. The lowest BCUT2D eigenvalue weighted by Crippen LogP contribution is -1.98. The maximum absolute atomic E-state index is 5.97. The van der Waals surface area contributed by atoms with Crippen molar-refractivity contribution in [2.24, 2.45) is 0 Å². The molecule has 0 spiro atoms. The molecule has 19 heavy (non-hydrogen) atoms. The summed E-state index contributed by atoms with van der Waals surface area (Å²) in [6.07, 6.45) is 0. The van der Waals surface area contributed by atoms with E-state index < -0.39 is 0 Å². The van der Waals surface area contributed by atoms with Gasteiger partial charge in [0.1, 0.15) is 5.75 Å². The second-order valence-electron chi connectivity index (χ2n) is 4.50. The van der Waals surface area contributed by atoms with E-state index in [1.54, 1.807) is 7.11 Å². The Labute approximate surface area is 121 Å². The van der Waals surface area contributed by atoms with E-state index in [1.165, 1.54) is 11.1 Å². The van der Waals surface area contributed by atoms with Crippen molar-refractivity contribution < 1.29 is 4.74 Å². The fourth-order valence-electron chi connectivity index (χ4n) is 1.94. The van der Waals surface area contributed by atoms with Crippen LogP contribution in [-0.2, 0) is 0 Å². The number of aryl methyl sites for hydroxylation is 2. The molecule has 0 aliphatic carbocycles. The lowest BCUT2D eigenvalue weighted by Gasteiger charge is -2.13.